The van der Waals surface area contributed by atoms with Crippen LogP contribution in [0.5, 0.6) is 0 Å². The molecular formula is C15H18N2O2S. The molecule has 0 bridgehead atoms. The van der Waals surface area contributed by atoms with Crippen LogP contribution in [0.3, 0.4) is 0 Å². The van der Waals surface area contributed by atoms with E-state index in [2.05, 4.69) is 5.32 Å². The van der Waals surface area contributed by atoms with Gasteiger partial charge in [-0.15, -0.1) is 0 Å². The minimum absolute atomic E-state index is 0.0477. The Labute approximate surface area is 119 Å². The number of sulfonamides is 1. The molecule has 3 rings (SSSR count). The molecule has 1 aliphatic heterocycles. The Morgan fingerprint density at radius 3 is 2.60 bits per heavy atom. The Hall–Kier alpha value is -1.43. The van der Waals surface area contributed by atoms with Crippen molar-refractivity contribution in [3.05, 3.63) is 42.5 Å². The van der Waals surface area contributed by atoms with Gasteiger partial charge in [0, 0.05) is 19.6 Å². The number of hydrogen-bond acceptors (Lipinski definition) is 3. The van der Waals surface area contributed by atoms with Crippen LogP contribution in [0.2, 0.25) is 0 Å². The molecule has 2 aromatic rings. The predicted molar refractivity (Wildman–Crippen MR) is 80.2 cm³/mol. The van der Waals surface area contributed by atoms with Gasteiger partial charge in [0.05, 0.1) is 4.90 Å². The average Bonchev–Trinajstić information content (AvgIpc) is 3.00. The molecule has 1 fully saturated rings. The molecule has 0 spiro atoms. The first kappa shape index (κ1) is 13.5. The Morgan fingerprint density at radius 2 is 1.90 bits per heavy atom. The van der Waals surface area contributed by atoms with E-state index in [9.17, 15) is 8.42 Å². The molecular weight excluding hydrogens is 272 g/mol. The molecule has 0 aromatic heterocycles. The van der Waals surface area contributed by atoms with E-state index in [1.54, 1.807) is 19.2 Å². The minimum Gasteiger partial charge on any atom is -0.315 e. The SMILES string of the molecule is CN([C@H]1CCNC1)S(=O)(=O)c1ccc2ccccc2c1. The summed E-state index contributed by atoms with van der Waals surface area (Å²) in [5.74, 6) is 0. The van der Waals surface area contributed by atoms with Gasteiger partial charge in [0.25, 0.3) is 0 Å². The maximum atomic E-state index is 12.7. The van der Waals surface area contributed by atoms with E-state index in [-0.39, 0.29) is 6.04 Å². The van der Waals surface area contributed by atoms with Crippen LogP contribution in [-0.2, 0) is 10.0 Å². The second-order valence-corrected chi connectivity index (χ2v) is 7.17. The summed E-state index contributed by atoms with van der Waals surface area (Å²) in [5, 5.41) is 5.20. The molecule has 1 aliphatic rings. The number of likely N-dealkylation sites (N-methyl/N-ethyl adjacent to an activating group) is 1. The van der Waals surface area contributed by atoms with Gasteiger partial charge in [-0.3, -0.25) is 0 Å². The summed E-state index contributed by atoms with van der Waals surface area (Å²) in [4.78, 5) is 0.366. The maximum absolute atomic E-state index is 12.7. The van der Waals surface area contributed by atoms with Crippen molar-refractivity contribution in [1.29, 1.82) is 0 Å². The van der Waals surface area contributed by atoms with E-state index >= 15 is 0 Å². The topological polar surface area (TPSA) is 49.4 Å². The van der Waals surface area contributed by atoms with Crippen molar-refractivity contribution < 1.29 is 8.42 Å². The van der Waals surface area contributed by atoms with Crippen LogP contribution in [-0.4, -0.2) is 38.9 Å². The summed E-state index contributed by atoms with van der Waals surface area (Å²) in [6, 6.07) is 13.1. The molecule has 20 heavy (non-hydrogen) atoms. The summed E-state index contributed by atoms with van der Waals surface area (Å²) >= 11 is 0. The highest BCUT2D eigenvalue weighted by molar-refractivity contribution is 7.89. The standard InChI is InChI=1S/C15H18N2O2S/c1-17(14-8-9-16-11-14)20(18,19)15-7-6-12-4-2-3-5-13(12)10-15/h2-7,10,14,16H,8-9,11H2,1H3/t14-/m0/s1. The normalized spacial score (nSPS) is 19.8. The Bertz CT molecular complexity index is 721. The third-order valence-electron chi connectivity index (χ3n) is 3.95. The lowest BCUT2D eigenvalue weighted by Gasteiger charge is -2.23. The zero-order chi connectivity index (χ0) is 14.2. The Kier molecular flexibility index (Phi) is 3.50. The fourth-order valence-electron chi connectivity index (χ4n) is 2.64. The highest BCUT2D eigenvalue weighted by Gasteiger charge is 2.29. The summed E-state index contributed by atoms with van der Waals surface area (Å²) in [5.41, 5.74) is 0. The van der Waals surface area contributed by atoms with E-state index in [1.807, 2.05) is 30.3 Å². The van der Waals surface area contributed by atoms with Crippen LogP contribution in [0, 0.1) is 0 Å². The monoisotopic (exact) mass is 290 g/mol. The number of nitrogens with one attached hydrogen (secondary N) is 1. The van der Waals surface area contributed by atoms with Crippen molar-refractivity contribution in [3.63, 3.8) is 0 Å². The molecule has 1 N–H and O–H groups in total. The van der Waals surface area contributed by atoms with Gasteiger partial charge in [-0.2, -0.15) is 4.31 Å². The number of benzene rings is 2. The fourth-order valence-corrected chi connectivity index (χ4v) is 4.06. The molecule has 4 nitrogen and oxygen atoms in total. The molecule has 1 atom stereocenters. The number of hydrogen-bond donors (Lipinski definition) is 1. The first-order valence-electron chi connectivity index (χ1n) is 6.76. The van der Waals surface area contributed by atoms with Crippen LogP contribution in [0.4, 0.5) is 0 Å². The van der Waals surface area contributed by atoms with Crippen molar-refractivity contribution in [1.82, 2.24) is 9.62 Å². The van der Waals surface area contributed by atoms with E-state index in [0.29, 0.717) is 4.90 Å². The van der Waals surface area contributed by atoms with E-state index in [1.165, 1.54) is 4.31 Å². The van der Waals surface area contributed by atoms with Gasteiger partial charge in [0.2, 0.25) is 10.0 Å². The lowest BCUT2D eigenvalue weighted by molar-refractivity contribution is 0.388. The van der Waals surface area contributed by atoms with Crippen LogP contribution in [0.25, 0.3) is 10.8 Å². The highest BCUT2D eigenvalue weighted by Crippen LogP contribution is 2.23. The largest absolute Gasteiger partial charge is 0.315 e. The van der Waals surface area contributed by atoms with Crippen molar-refractivity contribution in [2.75, 3.05) is 20.1 Å². The maximum Gasteiger partial charge on any atom is 0.243 e. The molecule has 5 heteroatoms. The number of fused-ring (bicyclic) bond motifs is 1. The molecule has 0 amide bonds. The van der Waals surface area contributed by atoms with Crippen LogP contribution < -0.4 is 5.32 Å². The van der Waals surface area contributed by atoms with Gasteiger partial charge in [0.1, 0.15) is 0 Å². The molecule has 0 aliphatic carbocycles. The van der Waals surface area contributed by atoms with Crippen molar-refractivity contribution in [3.8, 4) is 0 Å². The molecule has 1 saturated heterocycles. The lowest BCUT2D eigenvalue weighted by Crippen LogP contribution is -2.38. The zero-order valence-corrected chi connectivity index (χ0v) is 12.2. The third kappa shape index (κ3) is 2.32. The van der Waals surface area contributed by atoms with E-state index in [0.717, 1.165) is 30.3 Å². The predicted octanol–water partition coefficient (Wildman–Crippen LogP) is 1.82. The minimum atomic E-state index is -3.42. The first-order valence-corrected chi connectivity index (χ1v) is 8.20. The van der Waals surface area contributed by atoms with Crippen molar-refractivity contribution in [2.45, 2.75) is 17.4 Å². The smallest absolute Gasteiger partial charge is 0.243 e. The number of nitrogens with zero attached hydrogens (tertiary/aromatic N) is 1. The van der Waals surface area contributed by atoms with Gasteiger partial charge in [0.15, 0.2) is 0 Å². The fraction of sp³-hybridized carbons (Fsp3) is 0.333. The summed E-state index contributed by atoms with van der Waals surface area (Å²) in [6.07, 6.45) is 0.864. The molecule has 0 radical (unpaired) electrons. The van der Waals surface area contributed by atoms with Gasteiger partial charge < -0.3 is 5.32 Å². The lowest BCUT2D eigenvalue weighted by atomic mass is 10.1. The van der Waals surface area contributed by atoms with Gasteiger partial charge in [-0.25, -0.2) is 8.42 Å². The summed E-state index contributed by atoms with van der Waals surface area (Å²) < 4.78 is 26.8. The third-order valence-corrected chi connectivity index (χ3v) is 5.85. The van der Waals surface area contributed by atoms with Crippen LogP contribution >= 0.6 is 0 Å². The molecule has 0 saturated carbocycles. The first-order chi connectivity index (χ1) is 9.59. The zero-order valence-electron chi connectivity index (χ0n) is 11.4. The Morgan fingerprint density at radius 1 is 1.15 bits per heavy atom. The second kappa shape index (κ2) is 5.16. The summed E-state index contributed by atoms with van der Waals surface area (Å²) in [6.45, 7) is 1.60. The molecule has 106 valence electrons. The van der Waals surface area contributed by atoms with Gasteiger partial charge in [-0.1, -0.05) is 30.3 Å². The van der Waals surface area contributed by atoms with Crippen LogP contribution in [0.1, 0.15) is 6.42 Å². The summed E-state index contributed by atoms with van der Waals surface area (Å²) in [7, 11) is -1.75. The molecule has 0 unspecified atom stereocenters. The number of rotatable bonds is 3. The van der Waals surface area contributed by atoms with Crippen LogP contribution in [0.15, 0.2) is 47.4 Å². The van der Waals surface area contributed by atoms with Crippen molar-refractivity contribution >= 4 is 20.8 Å². The second-order valence-electron chi connectivity index (χ2n) is 5.18. The average molecular weight is 290 g/mol. The Balaban J connectivity index is 1.99. The highest BCUT2D eigenvalue weighted by atomic mass is 32.2. The quantitative estimate of drug-likeness (QED) is 0.938. The molecule has 1 heterocycles. The molecule has 2 aromatic carbocycles. The van der Waals surface area contributed by atoms with Gasteiger partial charge >= 0.3 is 0 Å². The van der Waals surface area contributed by atoms with Crippen molar-refractivity contribution in [2.24, 2.45) is 0 Å². The van der Waals surface area contributed by atoms with E-state index in [4.69, 9.17) is 0 Å². The van der Waals surface area contributed by atoms with E-state index < -0.39 is 10.0 Å². The van der Waals surface area contributed by atoms with Gasteiger partial charge in [-0.05, 0) is 35.9 Å².